The summed E-state index contributed by atoms with van der Waals surface area (Å²) in [5.41, 5.74) is 1.14. The molecule has 1 heterocycles. The molecule has 0 spiro atoms. The highest BCUT2D eigenvalue weighted by Crippen LogP contribution is 2.37. The van der Waals surface area contributed by atoms with E-state index in [0.717, 1.165) is 5.69 Å². The Morgan fingerprint density at radius 1 is 1.50 bits per heavy atom. The van der Waals surface area contributed by atoms with E-state index in [1.807, 2.05) is 12.1 Å². The van der Waals surface area contributed by atoms with Gasteiger partial charge in [-0.1, -0.05) is 11.6 Å². The van der Waals surface area contributed by atoms with Crippen LogP contribution >= 0.6 is 11.6 Å². The molecule has 1 unspecified atom stereocenters. The zero-order chi connectivity index (χ0) is 6.97. The highest BCUT2D eigenvalue weighted by Gasteiger charge is 2.24. The number of halogens is 1. The predicted molar refractivity (Wildman–Crippen MR) is 40.9 cm³/mol. The van der Waals surface area contributed by atoms with Gasteiger partial charge in [0.1, 0.15) is 0 Å². The molecule has 10 heavy (non-hydrogen) atoms. The lowest BCUT2D eigenvalue weighted by Crippen LogP contribution is -1.82. The van der Waals surface area contributed by atoms with E-state index in [2.05, 4.69) is 11.4 Å². The van der Waals surface area contributed by atoms with E-state index in [0.29, 0.717) is 10.9 Å². The minimum atomic E-state index is 0.609. The molecule has 2 heteroatoms. The van der Waals surface area contributed by atoms with Gasteiger partial charge in [0.2, 0.25) is 0 Å². The summed E-state index contributed by atoms with van der Waals surface area (Å²) in [6, 6.07) is 3.87. The van der Waals surface area contributed by atoms with E-state index in [9.17, 15) is 0 Å². The Labute approximate surface area is 65.0 Å². The average molecular weight is 153 g/mol. The van der Waals surface area contributed by atoms with Crippen LogP contribution in [0.1, 0.15) is 18.0 Å². The van der Waals surface area contributed by atoms with Gasteiger partial charge in [0.05, 0.1) is 5.02 Å². The number of pyridine rings is 1. The Morgan fingerprint density at radius 2 is 2.30 bits per heavy atom. The fraction of sp³-hybridized carbons (Fsp3) is 0.250. The smallest absolute Gasteiger partial charge is 0.0589 e. The molecule has 0 bridgehead atoms. The largest absolute Gasteiger partial charge is 0.259 e. The third-order valence-corrected chi connectivity index (χ3v) is 1.83. The molecule has 1 aliphatic carbocycles. The maximum absolute atomic E-state index is 5.66. The van der Waals surface area contributed by atoms with Gasteiger partial charge in [0, 0.05) is 17.8 Å². The van der Waals surface area contributed by atoms with Gasteiger partial charge in [-0.2, -0.15) is 0 Å². The van der Waals surface area contributed by atoms with Gasteiger partial charge in [0.25, 0.3) is 0 Å². The van der Waals surface area contributed by atoms with Crippen LogP contribution in [0.2, 0.25) is 5.02 Å². The molecule has 51 valence electrons. The Hall–Kier alpha value is -0.560. The molecule has 1 aliphatic rings. The normalized spacial score (nSPS) is 17.3. The minimum absolute atomic E-state index is 0.609. The molecule has 1 fully saturated rings. The third kappa shape index (κ3) is 1.14. The van der Waals surface area contributed by atoms with E-state index in [4.69, 9.17) is 11.6 Å². The molecule has 0 aliphatic heterocycles. The lowest BCUT2D eigenvalue weighted by Gasteiger charge is -1.94. The van der Waals surface area contributed by atoms with Gasteiger partial charge < -0.3 is 0 Å². The van der Waals surface area contributed by atoms with Crippen LogP contribution < -0.4 is 0 Å². The highest BCUT2D eigenvalue weighted by atomic mass is 35.5. The fourth-order valence-electron chi connectivity index (χ4n) is 0.916. The van der Waals surface area contributed by atoms with Gasteiger partial charge in [-0.05, 0) is 25.0 Å². The van der Waals surface area contributed by atoms with Crippen LogP contribution in [0.4, 0.5) is 0 Å². The van der Waals surface area contributed by atoms with Crippen LogP contribution in [0, 0.1) is 6.42 Å². The molecule has 0 N–H and O–H groups in total. The van der Waals surface area contributed by atoms with Crippen molar-refractivity contribution < 1.29 is 0 Å². The Balaban J connectivity index is 2.28. The van der Waals surface area contributed by atoms with Crippen molar-refractivity contribution >= 4 is 11.6 Å². The van der Waals surface area contributed by atoms with Crippen LogP contribution in [0.25, 0.3) is 0 Å². The maximum atomic E-state index is 5.66. The molecule has 1 radical (unpaired) electrons. The summed E-state index contributed by atoms with van der Waals surface area (Å²) < 4.78 is 0. The predicted octanol–water partition coefficient (Wildman–Crippen LogP) is 2.43. The first-order chi connectivity index (χ1) is 4.86. The molecule has 1 aromatic heterocycles. The summed E-state index contributed by atoms with van der Waals surface area (Å²) in [6.07, 6.45) is 5.11. The molecule has 1 atom stereocenters. The Bertz CT molecular complexity index is 226. The first-order valence-electron chi connectivity index (χ1n) is 3.31. The number of hydrogen-bond donors (Lipinski definition) is 0. The van der Waals surface area contributed by atoms with E-state index >= 15 is 0 Å². The number of hydrogen-bond acceptors (Lipinski definition) is 1. The quantitative estimate of drug-likeness (QED) is 0.603. The van der Waals surface area contributed by atoms with Gasteiger partial charge in [-0.25, -0.2) is 0 Å². The Morgan fingerprint density at radius 3 is 2.80 bits per heavy atom. The van der Waals surface area contributed by atoms with E-state index in [1.165, 1.54) is 6.42 Å². The van der Waals surface area contributed by atoms with Crippen molar-refractivity contribution in [3.8, 4) is 0 Å². The van der Waals surface area contributed by atoms with Crippen molar-refractivity contribution in [2.75, 3.05) is 0 Å². The molecular formula is C8H7ClN. The van der Waals surface area contributed by atoms with E-state index in [-0.39, 0.29) is 0 Å². The second-order valence-electron chi connectivity index (χ2n) is 2.48. The first-order valence-corrected chi connectivity index (χ1v) is 3.69. The second kappa shape index (κ2) is 2.24. The summed E-state index contributed by atoms with van der Waals surface area (Å²) in [5.74, 6) is 0.609. The van der Waals surface area contributed by atoms with E-state index in [1.54, 1.807) is 6.20 Å². The summed E-state index contributed by atoms with van der Waals surface area (Å²) in [6.45, 7) is 0. The lowest BCUT2D eigenvalue weighted by atomic mass is 10.2. The lowest BCUT2D eigenvalue weighted by molar-refractivity contribution is 1.05. The van der Waals surface area contributed by atoms with Gasteiger partial charge in [-0.15, -0.1) is 0 Å². The zero-order valence-electron chi connectivity index (χ0n) is 5.42. The number of aromatic nitrogens is 1. The zero-order valence-corrected chi connectivity index (χ0v) is 6.17. The van der Waals surface area contributed by atoms with E-state index < -0.39 is 0 Å². The Kier molecular flexibility index (Phi) is 1.38. The van der Waals surface area contributed by atoms with Gasteiger partial charge >= 0.3 is 0 Å². The molecule has 0 aromatic carbocycles. The van der Waals surface area contributed by atoms with Crippen LogP contribution in [0.5, 0.6) is 0 Å². The molecule has 2 rings (SSSR count). The first kappa shape index (κ1) is 6.17. The average Bonchev–Trinajstić information content (AvgIpc) is 2.71. The minimum Gasteiger partial charge on any atom is -0.259 e. The summed E-state index contributed by atoms with van der Waals surface area (Å²) in [4.78, 5) is 4.18. The van der Waals surface area contributed by atoms with Crippen LogP contribution in [-0.4, -0.2) is 4.98 Å². The van der Waals surface area contributed by atoms with Crippen molar-refractivity contribution in [3.63, 3.8) is 0 Å². The standard InChI is InChI=1S/C8H7ClN/c9-7-3-4-8(10-5-7)6-1-2-6/h1,3-6H,2H2. The van der Waals surface area contributed by atoms with Crippen molar-refractivity contribution in [1.29, 1.82) is 0 Å². The molecule has 0 amide bonds. The van der Waals surface area contributed by atoms with Gasteiger partial charge in [-0.3, -0.25) is 4.98 Å². The maximum Gasteiger partial charge on any atom is 0.0589 e. The van der Waals surface area contributed by atoms with Gasteiger partial charge in [0.15, 0.2) is 0 Å². The molecule has 0 saturated heterocycles. The molecule has 1 aromatic rings. The monoisotopic (exact) mass is 152 g/mol. The van der Waals surface area contributed by atoms with Crippen LogP contribution in [0.15, 0.2) is 18.3 Å². The molecular weight excluding hydrogens is 146 g/mol. The molecule has 1 nitrogen and oxygen atoms in total. The summed E-state index contributed by atoms with van der Waals surface area (Å²) in [7, 11) is 0. The third-order valence-electron chi connectivity index (χ3n) is 1.60. The summed E-state index contributed by atoms with van der Waals surface area (Å²) in [5, 5.41) is 0.712. The van der Waals surface area contributed by atoms with Crippen molar-refractivity contribution in [3.05, 3.63) is 35.5 Å². The van der Waals surface area contributed by atoms with Crippen molar-refractivity contribution in [2.45, 2.75) is 12.3 Å². The SMILES string of the molecule is Clc1ccc(C2[CH]C2)nc1. The number of nitrogens with zero attached hydrogens (tertiary/aromatic N) is 1. The number of rotatable bonds is 1. The highest BCUT2D eigenvalue weighted by molar-refractivity contribution is 6.30. The van der Waals surface area contributed by atoms with Crippen LogP contribution in [0.3, 0.4) is 0 Å². The van der Waals surface area contributed by atoms with Crippen molar-refractivity contribution in [2.24, 2.45) is 0 Å². The second-order valence-corrected chi connectivity index (χ2v) is 2.92. The fourth-order valence-corrected chi connectivity index (χ4v) is 1.03. The van der Waals surface area contributed by atoms with Crippen molar-refractivity contribution in [1.82, 2.24) is 4.98 Å². The topological polar surface area (TPSA) is 12.9 Å². The van der Waals surface area contributed by atoms with Crippen LogP contribution in [-0.2, 0) is 0 Å². The molecule has 1 saturated carbocycles. The summed E-state index contributed by atoms with van der Waals surface area (Å²) >= 11 is 5.66.